The summed E-state index contributed by atoms with van der Waals surface area (Å²) in [6, 6.07) is 0. The SMILES string of the molecule is CC1/C=C/CCC(C)(C(=O)NCC=O)CC1.CN. The first-order valence-electron chi connectivity index (χ1n) is 6.55. The Bertz CT molecular complexity index is 290. The number of amides is 1. The second-order valence-electron chi connectivity index (χ2n) is 4.92. The van der Waals surface area contributed by atoms with E-state index in [1.807, 2.05) is 6.92 Å². The summed E-state index contributed by atoms with van der Waals surface area (Å²) in [5, 5.41) is 2.67. The molecule has 2 unspecified atom stereocenters. The number of nitrogens with two attached hydrogens (primary N) is 1. The molecule has 0 aromatic heterocycles. The topological polar surface area (TPSA) is 72.2 Å². The van der Waals surface area contributed by atoms with Crippen LogP contribution in [0.15, 0.2) is 12.2 Å². The number of carbonyl (C=O) groups excluding carboxylic acids is 2. The number of hydrogen-bond acceptors (Lipinski definition) is 3. The molecule has 0 saturated carbocycles. The highest BCUT2D eigenvalue weighted by atomic mass is 16.2. The van der Waals surface area contributed by atoms with Crippen LogP contribution in [0, 0.1) is 11.3 Å². The van der Waals surface area contributed by atoms with Crippen LogP contribution in [0.5, 0.6) is 0 Å². The lowest BCUT2D eigenvalue weighted by Crippen LogP contribution is -2.40. The number of allylic oxidation sites excluding steroid dienone is 2. The second kappa shape index (κ2) is 8.86. The highest BCUT2D eigenvalue weighted by Gasteiger charge is 2.32. The summed E-state index contributed by atoms with van der Waals surface area (Å²) in [7, 11) is 1.50. The maximum Gasteiger partial charge on any atom is 0.226 e. The molecule has 0 spiro atoms. The molecular formula is C14H26N2O2. The van der Waals surface area contributed by atoms with E-state index in [9.17, 15) is 9.59 Å². The molecule has 0 saturated heterocycles. The zero-order valence-corrected chi connectivity index (χ0v) is 11.7. The van der Waals surface area contributed by atoms with Gasteiger partial charge in [0.2, 0.25) is 5.91 Å². The molecule has 0 radical (unpaired) electrons. The number of nitrogens with one attached hydrogen (secondary N) is 1. The normalized spacial score (nSPS) is 29.0. The van der Waals surface area contributed by atoms with E-state index in [2.05, 4.69) is 30.1 Å². The van der Waals surface area contributed by atoms with E-state index < -0.39 is 0 Å². The lowest BCUT2D eigenvalue weighted by atomic mass is 9.77. The Morgan fingerprint density at radius 3 is 2.78 bits per heavy atom. The van der Waals surface area contributed by atoms with E-state index in [0.29, 0.717) is 5.92 Å². The fourth-order valence-electron chi connectivity index (χ4n) is 2.07. The van der Waals surface area contributed by atoms with Gasteiger partial charge in [0, 0.05) is 5.41 Å². The van der Waals surface area contributed by atoms with Crippen LogP contribution in [0.2, 0.25) is 0 Å². The first-order chi connectivity index (χ1) is 8.58. The Kier molecular flexibility index (Phi) is 8.29. The van der Waals surface area contributed by atoms with Gasteiger partial charge in [-0.15, -0.1) is 0 Å². The van der Waals surface area contributed by atoms with Gasteiger partial charge in [0.1, 0.15) is 6.29 Å². The van der Waals surface area contributed by atoms with Crippen molar-refractivity contribution in [1.82, 2.24) is 5.32 Å². The third kappa shape index (κ3) is 5.45. The number of aldehydes is 1. The highest BCUT2D eigenvalue weighted by Crippen LogP contribution is 2.33. The molecule has 104 valence electrons. The summed E-state index contributed by atoms with van der Waals surface area (Å²) >= 11 is 0. The van der Waals surface area contributed by atoms with Gasteiger partial charge < -0.3 is 15.8 Å². The minimum absolute atomic E-state index is 0.0158. The summed E-state index contributed by atoms with van der Waals surface area (Å²) in [4.78, 5) is 22.2. The van der Waals surface area contributed by atoms with Crippen molar-refractivity contribution in [2.24, 2.45) is 17.1 Å². The summed E-state index contributed by atoms with van der Waals surface area (Å²) in [6.07, 6.45) is 8.84. The third-order valence-corrected chi connectivity index (χ3v) is 3.37. The Hall–Kier alpha value is -1.16. The van der Waals surface area contributed by atoms with Gasteiger partial charge in [0.25, 0.3) is 0 Å². The average molecular weight is 254 g/mol. The van der Waals surface area contributed by atoms with Crippen molar-refractivity contribution in [2.75, 3.05) is 13.6 Å². The highest BCUT2D eigenvalue weighted by molar-refractivity contribution is 5.83. The van der Waals surface area contributed by atoms with E-state index in [1.54, 1.807) is 0 Å². The molecule has 0 heterocycles. The number of hydrogen-bond donors (Lipinski definition) is 2. The molecule has 0 fully saturated rings. The van der Waals surface area contributed by atoms with Crippen molar-refractivity contribution >= 4 is 12.2 Å². The smallest absolute Gasteiger partial charge is 0.226 e. The van der Waals surface area contributed by atoms with Crippen molar-refractivity contribution in [3.63, 3.8) is 0 Å². The molecule has 3 N–H and O–H groups in total. The molecule has 0 aromatic carbocycles. The second-order valence-corrected chi connectivity index (χ2v) is 4.92. The predicted molar refractivity (Wildman–Crippen MR) is 74.1 cm³/mol. The monoisotopic (exact) mass is 254 g/mol. The van der Waals surface area contributed by atoms with Crippen LogP contribution in [0.1, 0.15) is 39.5 Å². The van der Waals surface area contributed by atoms with Crippen molar-refractivity contribution in [3.05, 3.63) is 12.2 Å². The fraction of sp³-hybridized carbons (Fsp3) is 0.714. The van der Waals surface area contributed by atoms with E-state index >= 15 is 0 Å². The molecule has 1 aliphatic rings. The fourth-order valence-corrected chi connectivity index (χ4v) is 2.07. The van der Waals surface area contributed by atoms with E-state index in [1.165, 1.54) is 7.05 Å². The lowest BCUT2D eigenvalue weighted by Gasteiger charge is -2.30. The van der Waals surface area contributed by atoms with Crippen LogP contribution in [-0.2, 0) is 9.59 Å². The summed E-state index contributed by atoms with van der Waals surface area (Å²) in [6.45, 7) is 4.30. The predicted octanol–water partition coefficient (Wildman–Crippen LogP) is 1.65. The Morgan fingerprint density at radius 1 is 1.50 bits per heavy atom. The van der Waals surface area contributed by atoms with Gasteiger partial charge in [-0.1, -0.05) is 26.0 Å². The Balaban J connectivity index is 0.00000137. The van der Waals surface area contributed by atoms with Gasteiger partial charge in [-0.2, -0.15) is 0 Å². The number of rotatable bonds is 3. The van der Waals surface area contributed by atoms with Gasteiger partial charge in [-0.05, 0) is 38.6 Å². The zero-order valence-electron chi connectivity index (χ0n) is 11.7. The van der Waals surface area contributed by atoms with Crippen LogP contribution in [0.4, 0.5) is 0 Å². The number of carbonyl (C=O) groups is 2. The van der Waals surface area contributed by atoms with Crippen LogP contribution in [0.3, 0.4) is 0 Å². The molecule has 1 aliphatic carbocycles. The van der Waals surface area contributed by atoms with Gasteiger partial charge >= 0.3 is 0 Å². The standard InChI is InChI=1S/C13H21NO2.CH5N/c1-11-5-3-4-7-13(2,8-6-11)12(16)14-9-10-15;1-2/h3,5,10-11H,4,6-9H2,1-2H3,(H,14,16);2H2,1H3/b5-3+;. The summed E-state index contributed by atoms with van der Waals surface area (Å²) in [5.74, 6) is 0.556. The van der Waals surface area contributed by atoms with Crippen LogP contribution < -0.4 is 11.1 Å². The van der Waals surface area contributed by atoms with Gasteiger partial charge in [-0.3, -0.25) is 4.79 Å². The molecule has 0 aliphatic heterocycles. The first kappa shape index (κ1) is 16.8. The van der Waals surface area contributed by atoms with Crippen molar-refractivity contribution < 1.29 is 9.59 Å². The third-order valence-electron chi connectivity index (χ3n) is 3.37. The largest absolute Gasteiger partial charge is 0.349 e. The molecule has 2 atom stereocenters. The van der Waals surface area contributed by atoms with Crippen LogP contribution in [-0.4, -0.2) is 25.8 Å². The van der Waals surface area contributed by atoms with Gasteiger partial charge in [-0.25, -0.2) is 0 Å². The molecule has 0 bridgehead atoms. The zero-order chi connectivity index (χ0) is 14.0. The van der Waals surface area contributed by atoms with E-state index in [4.69, 9.17) is 0 Å². The summed E-state index contributed by atoms with van der Waals surface area (Å²) in [5.41, 5.74) is 4.18. The molecule has 18 heavy (non-hydrogen) atoms. The molecule has 1 amide bonds. The van der Waals surface area contributed by atoms with E-state index in [-0.39, 0.29) is 17.9 Å². The van der Waals surface area contributed by atoms with E-state index in [0.717, 1.165) is 32.0 Å². The van der Waals surface area contributed by atoms with Gasteiger partial charge in [0.15, 0.2) is 0 Å². The molecule has 4 nitrogen and oxygen atoms in total. The Labute approximate surface area is 110 Å². The lowest BCUT2D eigenvalue weighted by molar-refractivity contribution is -0.131. The van der Waals surface area contributed by atoms with Crippen LogP contribution in [0.25, 0.3) is 0 Å². The van der Waals surface area contributed by atoms with Gasteiger partial charge in [0.05, 0.1) is 6.54 Å². The molecule has 1 rings (SSSR count). The van der Waals surface area contributed by atoms with Crippen molar-refractivity contribution in [2.45, 2.75) is 39.5 Å². The van der Waals surface area contributed by atoms with Crippen molar-refractivity contribution in [1.29, 1.82) is 0 Å². The first-order valence-corrected chi connectivity index (χ1v) is 6.55. The van der Waals surface area contributed by atoms with Crippen LogP contribution >= 0.6 is 0 Å². The average Bonchev–Trinajstić information content (AvgIpc) is 2.39. The maximum absolute atomic E-state index is 12.0. The molecule has 4 heteroatoms. The minimum Gasteiger partial charge on any atom is -0.349 e. The molecular weight excluding hydrogens is 228 g/mol. The quantitative estimate of drug-likeness (QED) is 0.594. The van der Waals surface area contributed by atoms with Crippen molar-refractivity contribution in [3.8, 4) is 0 Å². The minimum atomic E-state index is -0.317. The molecule has 0 aromatic rings. The Morgan fingerprint density at radius 2 is 2.17 bits per heavy atom. The summed E-state index contributed by atoms with van der Waals surface area (Å²) < 4.78 is 0. The maximum atomic E-state index is 12.0.